The Bertz CT molecular complexity index is 886. The first-order chi connectivity index (χ1) is 14.8. The summed E-state index contributed by atoms with van der Waals surface area (Å²) in [5.41, 5.74) is 5.61. The van der Waals surface area contributed by atoms with Crippen molar-refractivity contribution < 1.29 is 23.9 Å². The van der Waals surface area contributed by atoms with E-state index in [1.165, 1.54) is 11.3 Å². The molecule has 0 bridgehead atoms. The molecule has 4 rings (SSSR count). The third kappa shape index (κ3) is 4.13. The topological polar surface area (TPSA) is 123 Å². The highest BCUT2D eigenvalue weighted by Gasteiger charge is 2.56. The minimum absolute atomic E-state index is 0.000575. The number of imide groups is 1. The molecule has 0 saturated heterocycles. The number of primary amides is 1. The number of hydrogen-bond donors (Lipinski definition) is 1. The minimum Gasteiger partial charge on any atom is -0.474 e. The van der Waals surface area contributed by atoms with Crippen LogP contribution in [0.2, 0.25) is 0 Å². The highest BCUT2D eigenvalue weighted by molar-refractivity contribution is 6.36. The normalized spacial score (nSPS) is 26.7. The number of carbonyl (C=O) groups is 4. The molecule has 0 atom stereocenters. The van der Waals surface area contributed by atoms with E-state index in [4.69, 9.17) is 10.5 Å². The SMILES string of the molecule is CN(CC1CCC1)C(=O)C(=O)N(C=O)[C@H]1CC2(C[C@H](Oc3ncccc3C(N)=O)C2)C1. The van der Waals surface area contributed by atoms with E-state index in [9.17, 15) is 19.2 Å². The van der Waals surface area contributed by atoms with Crippen LogP contribution in [0.15, 0.2) is 18.3 Å². The number of aromatic nitrogens is 1. The van der Waals surface area contributed by atoms with Crippen molar-refractivity contribution in [1.29, 1.82) is 0 Å². The molecule has 4 amide bonds. The van der Waals surface area contributed by atoms with Gasteiger partial charge in [-0.2, -0.15) is 0 Å². The standard InChI is InChI=1S/C22H28N4O5/c1-25(12-14-4-2-5-14)20(29)21(30)26(13-27)15-8-22(9-15)10-16(11-22)31-19-17(18(23)28)6-3-7-24-19/h3,6-7,13-16H,2,4-5,8-12H2,1H3,(H2,23,28)/t15-,16-,22?. The van der Waals surface area contributed by atoms with E-state index in [2.05, 4.69) is 4.98 Å². The Balaban J connectivity index is 1.27. The van der Waals surface area contributed by atoms with Gasteiger partial charge in [-0.1, -0.05) is 6.42 Å². The molecule has 0 aliphatic heterocycles. The summed E-state index contributed by atoms with van der Waals surface area (Å²) in [5.74, 6) is -1.27. The maximum atomic E-state index is 12.6. The molecule has 3 fully saturated rings. The van der Waals surface area contributed by atoms with Gasteiger partial charge in [-0.15, -0.1) is 0 Å². The number of rotatable bonds is 7. The molecule has 3 aliphatic rings. The summed E-state index contributed by atoms with van der Waals surface area (Å²) in [7, 11) is 1.62. The zero-order chi connectivity index (χ0) is 22.2. The molecule has 1 aromatic rings. The number of amides is 4. The first kappa shape index (κ1) is 21.3. The van der Waals surface area contributed by atoms with Gasteiger partial charge < -0.3 is 15.4 Å². The van der Waals surface area contributed by atoms with Crippen molar-refractivity contribution in [3.63, 3.8) is 0 Å². The van der Waals surface area contributed by atoms with Crippen LogP contribution >= 0.6 is 0 Å². The van der Waals surface area contributed by atoms with E-state index >= 15 is 0 Å². The Morgan fingerprint density at radius 2 is 1.94 bits per heavy atom. The van der Waals surface area contributed by atoms with Crippen LogP contribution in [0.5, 0.6) is 5.88 Å². The molecular weight excluding hydrogens is 400 g/mol. The van der Waals surface area contributed by atoms with Gasteiger partial charge in [-0.3, -0.25) is 24.1 Å². The number of likely N-dealkylation sites (N-methyl/N-ethyl adjacent to an activating group) is 1. The summed E-state index contributed by atoms with van der Waals surface area (Å²) in [6, 6.07) is 2.94. The summed E-state index contributed by atoms with van der Waals surface area (Å²) in [6.07, 6.45) is 8.06. The maximum absolute atomic E-state index is 12.6. The van der Waals surface area contributed by atoms with Crippen LogP contribution in [0.1, 0.15) is 55.3 Å². The lowest BCUT2D eigenvalue weighted by atomic mass is 9.52. The average Bonchev–Trinajstić information content (AvgIpc) is 2.66. The first-order valence-electron chi connectivity index (χ1n) is 10.8. The third-order valence-electron chi connectivity index (χ3n) is 7.00. The van der Waals surface area contributed by atoms with Gasteiger partial charge in [0.25, 0.3) is 5.91 Å². The second-order valence-corrected chi connectivity index (χ2v) is 9.23. The fourth-order valence-corrected chi connectivity index (χ4v) is 5.01. The van der Waals surface area contributed by atoms with Gasteiger partial charge in [0.2, 0.25) is 12.3 Å². The van der Waals surface area contributed by atoms with Gasteiger partial charge in [-0.25, -0.2) is 4.98 Å². The van der Waals surface area contributed by atoms with Crippen molar-refractivity contribution in [2.45, 2.75) is 57.1 Å². The second kappa shape index (κ2) is 8.28. The van der Waals surface area contributed by atoms with E-state index < -0.39 is 17.7 Å². The number of nitrogens with two attached hydrogens (primary N) is 1. The lowest BCUT2D eigenvalue weighted by Crippen LogP contribution is -2.61. The molecule has 1 heterocycles. The van der Waals surface area contributed by atoms with Crippen LogP contribution < -0.4 is 10.5 Å². The zero-order valence-corrected chi connectivity index (χ0v) is 17.7. The molecule has 0 unspecified atom stereocenters. The average molecular weight is 428 g/mol. The van der Waals surface area contributed by atoms with Crippen molar-refractivity contribution in [3.05, 3.63) is 23.9 Å². The Morgan fingerprint density at radius 3 is 2.52 bits per heavy atom. The highest BCUT2D eigenvalue weighted by atomic mass is 16.5. The van der Waals surface area contributed by atoms with Gasteiger partial charge in [-0.05, 0) is 62.0 Å². The number of carbonyl (C=O) groups excluding carboxylic acids is 4. The van der Waals surface area contributed by atoms with E-state index in [1.54, 1.807) is 25.4 Å². The third-order valence-corrected chi connectivity index (χ3v) is 7.00. The largest absolute Gasteiger partial charge is 0.474 e. The molecule has 9 nitrogen and oxygen atoms in total. The van der Waals surface area contributed by atoms with Crippen molar-refractivity contribution in [2.75, 3.05) is 13.6 Å². The van der Waals surface area contributed by atoms with Gasteiger partial charge in [0, 0.05) is 25.8 Å². The molecule has 9 heteroatoms. The van der Waals surface area contributed by atoms with Gasteiger partial charge in [0.1, 0.15) is 11.7 Å². The van der Waals surface area contributed by atoms with Crippen LogP contribution in [0.4, 0.5) is 0 Å². The van der Waals surface area contributed by atoms with Gasteiger partial charge in [0.05, 0.1) is 0 Å². The molecule has 0 aromatic carbocycles. The fraction of sp³-hybridized carbons (Fsp3) is 0.591. The molecule has 166 valence electrons. The summed E-state index contributed by atoms with van der Waals surface area (Å²) in [6.45, 7) is 0.561. The molecule has 1 aromatic heterocycles. The minimum atomic E-state index is -0.747. The fourth-order valence-electron chi connectivity index (χ4n) is 5.01. The van der Waals surface area contributed by atoms with Crippen molar-refractivity contribution in [2.24, 2.45) is 17.1 Å². The molecule has 1 spiro atoms. The molecular formula is C22H28N4O5. The molecule has 31 heavy (non-hydrogen) atoms. The molecule has 0 radical (unpaired) electrons. The summed E-state index contributed by atoms with van der Waals surface area (Å²) >= 11 is 0. The quantitative estimate of drug-likeness (QED) is 0.513. The van der Waals surface area contributed by atoms with Crippen molar-refractivity contribution >= 4 is 24.1 Å². The van der Waals surface area contributed by atoms with Crippen molar-refractivity contribution in [3.8, 4) is 5.88 Å². The number of hydrogen-bond acceptors (Lipinski definition) is 6. The number of ether oxygens (including phenoxy) is 1. The van der Waals surface area contributed by atoms with Crippen LogP contribution in [0.3, 0.4) is 0 Å². The highest BCUT2D eigenvalue weighted by Crippen LogP contribution is 2.58. The van der Waals surface area contributed by atoms with Crippen molar-refractivity contribution in [1.82, 2.24) is 14.8 Å². The second-order valence-electron chi connectivity index (χ2n) is 9.23. The van der Waals surface area contributed by atoms with E-state index in [-0.39, 0.29) is 29.0 Å². The first-order valence-corrected chi connectivity index (χ1v) is 10.8. The van der Waals surface area contributed by atoms with Gasteiger partial charge in [0.15, 0.2) is 0 Å². The van der Waals surface area contributed by atoms with Crippen LogP contribution in [0, 0.1) is 11.3 Å². The number of pyridine rings is 1. The van der Waals surface area contributed by atoms with E-state index in [1.807, 2.05) is 0 Å². The monoisotopic (exact) mass is 428 g/mol. The van der Waals surface area contributed by atoms with E-state index in [0.29, 0.717) is 31.7 Å². The van der Waals surface area contributed by atoms with Crippen LogP contribution in [0.25, 0.3) is 0 Å². The smallest absolute Gasteiger partial charge is 0.318 e. The number of nitrogens with zero attached hydrogens (tertiary/aromatic N) is 3. The lowest BCUT2D eigenvalue weighted by Gasteiger charge is -2.58. The predicted octanol–water partition coefficient (Wildman–Crippen LogP) is 1.11. The summed E-state index contributed by atoms with van der Waals surface area (Å²) in [4.78, 5) is 54.7. The Labute approximate surface area is 180 Å². The molecule has 3 aliphatic carbocycles. The van der Waals surface area contributed by atoms with Crippen LogP contribution in [-0.2, 0) is 14.4 Å². The maximum Gasteiger partial charge on any atom is 0.318 e. The molecule has 2 N–H and O–H groups in total. The Kier molecular flexibility index (Phi) is 5.68. The molecule has 3 saturated carbocycles. The van der Waals surface area contributed by atoms with Gasteiger partial charge >= 0.3 is 11.8 Å². The van der Waals surface area contributed by atoms with Crippen LogP contribution in [-0.4, -0.2) is 64.7 Å². The lowest BCUT2D eigenvalue weighted by molar-refractivity contribution is -0.164. The Morgan fingerprint density at radius 1 is 1.23 bits per heavy atom. The summed E-state index contributed by atoms with van der Waals surface area (Å²) < 4.78 is 5.84. The van der Waals surface area contributed by atoms with E-state index in [0.717, 1.165) is 30.6 Å². The predicted molar refractivity (Wildman–Crippen MR) is 110 cm³/mol. The Hall–Kier alpha value is -2.97. The zero-order valence-electron chi connectivity index (χ0n) is 17.7. The summed E-state index contributed by atoms with van der Waals surface area (Å²) in [5, 5.41) is 0.